The third-order valence-electron chi connectivity index (χ3n) is 1.45. The number of allylic oxidation sites excluding steroid dienone is 1. The number of carboxylic acid groups (broad SMARTS) is 2. The highest BCUT2D eigenvalue weighted by Crippen LogP contribution is 2.11. The minimum atomic E-state index is -1.12. The summed E-state index contributed by atoms with van der Waals surface area (Å²) in [5.41, 5.74) is 0. The van der Waals surface area contributed by atoms with Crippen LogP contribution in [0.4, 0.5) is 0 Å². The van der Waals surface area contributed by atoms with Gasteiger partial charge in [0, 0.05) is 12.0 Å². The number of carboxylic acids is 2. The van der Waals surface area contributed by atoms with Crippen molar-refractivity contribution < 1.29 is 24.9 Å². The van der Waals surface area contributed by atoms with Gasteiger partial charge in [0.15, 0.2) is 5.05 Å². The Labute approximate surface area is 85.7 Å². The van der Waals surface area contributed by atoms with E-state index in [4.69, 9.17) is 15.3 Å². The van der Waals surface area contributed by atoms with E-state index in [0.717, 1.165) is 6.08 Å². The van der Waals surface area contributed by atoms with Crippen LogP contribution in [0.2, 0.25) is 0 Å². The van der Waals surface area contributed by atoms with Gasteiger partial charge in [-0.05, 0) is 18.6 Å². The topological polar surface area (TPSA) is 94.8 Å². The molecule has 0 aromatic rings. The van der Waals surface area contributed by atoms with Crippen molar-refractivity contribution in [3.63, 3.8) is 0 Å². The second-order valence-corrected chi connectivity index (χ2v) is 3.03. The molecule has 0 bridgehead atoms. The number of aliphatic carboxylic acids is 2. The number of thiocarbonyl (C=S) groups is 1. The maximum absolute atomic E-state index is 10.3. The van der Waals surface area contributed by atoms with Crippen molar-refractivity contribution in [1.82, 2.24) is 0 Å². The van der Waals surface area contributed by atoms with E-state index < -0.39 is 22.9 Å². The van der Waals surface area contributed by atoms with Gasteiger partial charge in [0.1, 0.15) is 0 Å². The Morgan fingerprint density at radius 2 is 1.86 bits per heavy atom. The molecular weight excluding hydrogens is 208 g/mol. The SMILES string of the molecule is O=C(O)C=CCC(CC(=O)O)C(O)=S. The van der Waals surface area contributed by atoms with E-state index in [9.17, 15) is 9.59 Å². The third kappa shape index (κ3) is 6.13. The number of carbonyl (C=O) groups is 2. The van der Waals surface area contributed by atoms with Gasteiger partial charge < -0.3 is 15.3 Å². The van der Waals surface area contributed by atoms with E-state index in [-0.39, 0.29) is 12.8 Å². The molecule has 0 aromatic heterocycles. The Morgan fingerprint density at radius 1 is 1.29 bits per heavy atom. The highest BCUT2D eigenvalue weighted by atomic mass is 32.1. The monoisotopic (exact) mass is 218 g/mol. The summed E-state index contributed by atoms with van der Waals surface area (Å²) in [6, 6.07) is 0. The summed E-state index contributed by atoms with van der Waals surface area (Å²) in [4.78, 5) is 20.4. The fourth-order valence-electron chi connectivity index (χ4n) is 0.815. The maximum Gasteiger partial charge on any atom is 0.327 e. The van der Waals surface area contributed by atoms with Crippen molar-refractivity contribution in [1.29, 1.82) is 0 Å². The average Bonchev–Trinajstić information content (AvgIpc) is 2.00. The van der Waals surface area contributed by atoms with E-state index in [1.54, 1.807) is 0 Å². The van der Waals surface area contributed by atoms with Gasteiger partial charge in [0.2, 0.25) is 0 Å². The van der Waals surface area contributed by atoms with Crippen molar-refractivity contribution in [2.45, 2.75) is 12.8 Å². The molecule has 0 rings (SSSR count). The minimum absolute atomic E-state index is 0.105. The van der Waals surface area contributed by atoms with Gasteiger partial charge >= 0.3 is 11.9 Å². The Kier molecular flexibility index (Phi) is 5.47. The lowest BCUT2D eigenvalue weighted by Crippen LogP contribution is -2.15. The van der Waals surface area contributed by atoms with Gasteiger partial charge in [-0.3, -0.25) is 4.79 Å². The van der Waals surface area contributed by atoms with Crippen LogP contribution in [0.1, 0.15) is 12.8 Å². The van der Waals surface area contributed by atoms with Crippen LogP contribution in [0.5, 0.6) is 0 Å². The van der Waals surface area contributed by atoms with Crippen LogP contribution in [0, 0.1) is 5.92 Å². The van der Waals surface area contributed by atoms with Crippen molar-refractivity contribution >= 4 is 29.2 Å². The first-order valence-electron chi connectivity index (χ1n) is 3.77. The molecule has 0 radical (unpaired) electrons. The summed E-state index contributed by atoms with van der Waals surface area (Å²) in [6.45, 7) is 0. The Hall–Kier alpha value is -1.43. The Balaban J connectivity index is 4.17. The number of aliphatic hydroxyl groups excluding tert-OH is 1. The van der Waals surface area contributed by atoms with Crippen LogP contribution in [0.15, 0.2) is 12.2 Å². The maximum atomic E-state index is 10.3. The van der Waals surface area contributed by atoms with Crippen molar-refractivity contribution in [2.24, 2.45) is 5.92 Å². The molecule has 0 spiro atoms. The zero-order chi connectivity index (χ0) is 11.1. The van der Waals surface area contributed by atoms with Gasteiger partial charge in [-0.25, -0.2) is 4.79 Å². The molecule has 14 heavy (non-hydrogen) atoms. The standard InChI is InChI=1S/C8H10O5S/c9-6(10)3-1-2-5(8(13)14)4-7(11)12/h1,3,5H,2,4H2,(H,9,10)(H,11,12)(H,13,14). The molecule has 1 atom stereocenters. The Morgan fingerprint density at radius 3 is 2.21 bits per heavy atom. The van der Waals surface area contributed by atoms with E-state index in [0.29, 0.717) is 0 Å². The zero-order valence-electron chi connectivity index (χ0n) is 7.21. The number of hydrogen-bond donors (Lipinski definition) is 3. The van der Waals surface area contributed by atoms with Crippen LogP contribution in [0.25, 0.3) is 0 Å². The molecule has 6 heteroatoms. The largest absolute Gasteiger partial charge is 0.502 e. The van der Waals surface area contributed by atoms with Gasteiger partial charge in [0.25, 0.3) is 0 Å². The lowest BCUT2D eigenvalue weighted by molar-refractivity contribution is -0.137. The smallest absolute Gasteiger partial charge is 0.327 e. The van der Waals surface area contributed by atoms with Crippen molar-refractivity contribution in [2.75, 3.05) is 0 Å². The summed E-state index contributed by atoms with van der Waals surface area (Å²) in [7, 11) is 0. The number of hydrogen-bond acceptors (Lipinski definition) is 3. The highest BCUT2D eigenvalue weighted by molar-refractivity contribution is 7.80. The molecule has 0 aliphatic carbocycles. The molecule has 0 heterocycles. The van der Waals surface area contributed by atoms with Gasteiger partial charge in [-0.2, -0.15) is 0 Å². The van der Waals surface area contributed by atoms with Gasteiger partial charge in [-0.1, -0.05) is 6.08 Å². The van der Waals surface area contributed by atoms with E-state index in [1.165, 1.54) is 6.08 Å². The third-order valence-corrected chi connectivity index (χ3v) is 1.78. The van der Waals surface area contributed by atoms with Crippen LogP contribution in [-0.4, -0.2) is 32.3 Å². The molecule has 0 aliphatic rings. The predicted octanol–water partition coefficient (Wildman–Crippen LogP) is 0.994. The summed E-state index contributed by atoms with van der Waals surface area (Å²) in [5.74, 6) is -2.92. The van der Waals surface area contributed by atoms with Crippen molar-refractivity contribution in [3.8, 4) is 0 Å². The molecule has 1 unspecified atom stereocenters. The zero-order valence-corrected chi connectivity index (χ0v) is 8.03. The molecule has 78 valence electrons. The minimum Gasteiger partial charge on any atom is -0.502 e. The molecule has 5 nitrogen and oxygen atoms in total. The predicted molar refractivity (Wildman–Crippen MR) is 52.4 cm³/mol. The summed E-state index contributed by atoms with van der Waals surface area (Å²) >= 11 is 4.43. The molecule has 3 N–H and O–H groups in total. The van der Waals surface area contributed by atoms with E-state index in [2.05, 4.69) is 12.2 Å². The first-order chi connectivity index (χ1) is 6.43. The second-order valence-electron chi connectivity index (χ2n) is 2.61. The number of aliphatic hydroxyl groups is 1. The van der Waals surface area contributed by atoms with Crippen molar-refractivity contribution in [3.05, 3.63) is 12.2 Å². The molecule has 0 amide bonds. The summed E-state index contributed by atoms with van der Waals surface area (Å²) in [5, 5.41) is 25.2. The molecule has 0 aliphatic heterocycles. The molecule has 0 aromatic carbocycles. The lowest BCUT2D eigenvalue weighted by atomic mass is 10.0. The summed E-state index contributed by atoms with van der Waals surface area (Å²) < 4.78 is 0. The highest BCUT2D eigenvalue weighted by Gasteiger charge is 2.15. The second kappa shape index (κ2) is 6.09. The molecule has 0 saturated carbocycles. The van der Waals surface area contributed by atoms with Crippen LogP contribution < -0.4 is 0 Å². The fraction of sp³-hybridized carbons (Fsp3) is 0.375. The van der Waals surface area contributed by atoms with Gasteiger partial charge in [0.05, 0.1) is 6.42 Å². The van der Waals surface area contributed by atoms with E-state index in [1.807, 2.05) is 0 Å². The first kappa shape index (κ1) is 12.6. The van der Waals surface area contributed by atoms with Crippen LogP contribution in [0.3, 0.4) is 0 Å². The van der Waals surface area contributed by atoms with Crippen LogP contribution in [-0.2, 0) is 9.59 Å². The molecule has 0 fully saturated rings. The summed E-state index contributed by atoms with van der Waals surface area (Å²) in [6.07, 6.45) is 1.94. The average molecular weight is 218 g/mol. The van der Waals surface area contributed by atoms with Crippen LogP contribution >= 0.6 is 12.2 Å². The molecular formula is C8H10O5S. The van der Waals surface area contributed by atoms with Gasteiger partial charge in [-0.15, -0.1) is 0 Å². The lowest BCUT2D eigenvalue weighted by Gasteiger charge is -2.07. The first-order valence-corrected chi connectivity index (χ1v) is 4.18. The normalized spacial score (nSPS) is 12.6. The Bertz CT molecular complexity index is 271. The van der Waals surface area contributed by atoms with E-state index >= 15 is 0 Å². The number of rotatable bonds is 6. The quantitative estimate of drug-likeness (QED) is 0.454. The molecule has 0 saturated heterocycles. The fourth-order valence-corrected chi connectivity index (χ4v) is 0.995.